The van der Waals surface area contributed by atoms with Gasteiger partial charge in [-0.1, -0.05) is 36.4 Å². The lowest BCUT2D eigenvalue weighted by Crippen LogP contribution is -2.13. The molecule has 1 aliphatic heterocycles. The Bertz CT molecular complexity index is 507. The van der Waals surface area contributed by atoms with Crippen LogP contribution in [0.5, 0.6) is 0 Å². The number of halogens is 1. The Balaban J connectivity index is 2.06. The number of fused-ring (bicyclic) bond motifs is 1. The average Bonchev–Trinajstić information content (AvgIpc) is 2.73. The van der Waals surface area contributed by atoms with Crippen molar-refractivity contribution >= 4 is 0 Å². The molecular formula is C14H12FN. The molecule has 0 radical (unpaired) electrons. The van der Waals surface area contributed by atoms with E-state index in [9.17, 15) is 4.39 Å². The highest BCUT2D eigenvalue weighted by Crippen LogP contribution is 2.30. The monoisotopic (exact) mass is 213 g/mol. The lowest BCUT2D eigenvalue weighted by Gasteiger charge is -2.12. The largest absolute Gasteiger partial charge is 0.302 e. The van der Waals surface area contributed by atoms with Crippen LogP contribution in [0.3, 0.4) is 0 Å². The van der Waals surface area contributed by atoms with Gasteiger partial charge in [-0.15, -0.1) is 0 Å². The van der Waals surface area contributed by atoms with E-state index >= 15 is 0 Å². The second-order valence-electron chi connectivity index (χ2n) is 4.07. The van der Waals surface area contributed by atoms with Gasteiger partial charge in [0.05, 0.1) is 6.04 Å². The van der Waals surface area contributed by atoms with Crippen molar-refractivity contribution in [3.63, 3.8) is 0 Å². The fourth-order valence-corrected chi connectivity index (χ4v) is 2.26. The summed E-state index contributed by atoms with van der Waals surface area (Å²) < 4.78 is 13.2. The van der Waals surface area contributed by atoms with E-state index in [1.807, 2.05) is 24.3 Å². The molecule has 0 saturated carbocycles. The van der Waals surface area contributed by atoms with Crippen LogP contribution in [-0.2, 0) is 6.54 Å². The van der Waals surface area contributed by atoms with Gasteiger partial charge in [-0.05, 0) is 28.8 Å². The molecule has 0 aliphatic carbocycles. The second kappa shape index (κ2) is 3.72. The van der Waals surface area contributed by atoms with Crippen molar-refractivity contribution in [2.45, 2.75) is 12.6 Å². The first-order valence-corrected chi connectivity index (χ1v) is 5.41. The number of benzene rings is 2. The molecule has 0 aromatic heterocycles. The van der Waals surface area contributed by atoms with E-state index in [2.05, 4.69) is 17.4 Å². The summed E-state index contributed by atoms with van der Waals surface area (Å²) >= 11 is 0. The Hall–Kier alpha value is -1.67. The number of hydrogen-bond donors (Lipinski definition) is 1. The van der Waals surface area contributed by atoms with Gasteiger partial charge in [-0.3, -0.25) is 0 Å². The summed E-state index contributed by atoms with van der Waals surface area (Å²) in [5, 5.41) is 3.40. The van der Waals surface area contributed by atoms with Crippen molar-refractivity contribution in [1.82, 2.24) is 5.32 Å². The van der Waals surface area contributed by atoms with E-state index in [-0.39, 0.29) is 11.9 Å². The minimum absolute atomic E-state index is 0.131. The maximum atomic E-state index is 13.2. The van der Waals surface area contributed by atoms with Gasteiger partial charge in [0.15, 0.2) is 0 Å². The molecule has 1 atom stereocenters. The Morgan fingerprint density at radius 3 is 2.69 bits per heavy atom. The minimum Gasteiger partial charge on any atom is -0.302 e. The van der Waals surface area contributed by atoms with E-state index < -0.39 is 0 Å². The molecule has 1 unspecified atom stereocenters. The summed E-state index contributed by atoms with van der Waals surface area (Å²) in [6.45, 7) is 0.815. The Labute approximate surface area is 93.9 Å². The molecule has 2 aromatic carbocycles. The molecule has 16 heavy (non-hydrogen) atoms. The van der Waals surface area contributed by atoms with Gasteiger partial charge in [0, 0.05) is 6.54 Å². The van der Waals surface area contributed by atoms with Crippen molar-refractivity contribution < 1.29 is 4.39 Å². The lowest BCUT2D eigenvalue weighted by molar-refractivity contribution is 0.621. The highest BCUT2D eigenvalue weighted by molar-refractivity contribution is 5.41. The summed E-state index contributed by atoms with van der Waals surface area (Å²) in [5.41, 5.74) is 3.44. The minimum atomic E-state index is -0.164. The zero-order chi connectivity index (χ0) is 11.0. The number of rotatable bonds is 1. The molecule has 1 aliphatic rings. The van der Waals surface area contributed by atoms with Gasteiger partial charge in [-0.25, -0.2) is 4.39 Å². The van der Waals surface area contributed by atoms with Crippen molar-refractivity contribution in [3.05, 3.63) is 71.0 Å². The van der Waals surface area contributed by atoms with Crippen LogP contribution >= 0.6 is 0 Å². The zero-order valence-electron chi connectivity index (χ0n) is 8.78. The fraction of sp³-hybridized carbons (Fsp3) is 0.143. The summed E-state index contributed by atoms with van der Waals surface area (Å²) in [7, 11) is 0. The molecule has 2 aromatic rings. The summed E-state index contributed by atoms with van der Waals surface area (Å²) in [6.07, 6.45) is 0. The summed E-state index contributed by atoms with van der Waals surface area (Å²) in [6, 6.07) is 15.3. The molecule has 0 bridgehead atoms. The van der Waals surface area contributed by atoms with Gasteiger partial charge in [-0.2, -0.15) is 0 Å². The molecule has 3 rings (SSSR count). The molecule has 1 nitrogen and oxygen atoms in total. The lowest BCUT2D eigenvalue weighted by atomic mass is 9.98. The summed E-state index contributed by atoms with van der Waals surface area (Å²) in [5.74, 6) is -0.164. The Kier molecular flexibility index (Phi) is 2.22. The van der Waals surface area contributed by atoms with Gasteiger partial charge >= 0.3 is 0 Å². The maximum Gasteiger partial charge on any atom is 0.123 e. The normalized spacial score (nSPS) is 18.4. The first-order chi connectivity index (χ1) is 7.84. The third kappa shape index (κ3) is 1.51. The third-order valence-corrected chi connectivity index (χ3v) is 3.05. The van der Waals surface area contributed by atoms with E-state index in [0.29, 0.717) is 0 Å². The number of nitrogens with one attached hydrogen (secondary N) is 1. The van der Waals surface area contributed by atoms with Crippen LogP contribution in [0.2, 0.25) is 0 Å². The molecule has 1 N–H and O–H groups in total. The summed E-state index contributed by atoms with van der Waals surface area (Å²) in [4.78, 5) is 0. The average molecular weight is 213 g/mol. The second-order valence-corrected chi connectivity index (χ2v) is 4.07. The van der Waals surface area contributed by atoms with Crippen LogP contribution in [0.4, 0.5) is 4.39 Å². The number of hydrogen-bond acceptors (Lipinski definition) is 1. The topological polar surface area (TPSA) is 12.0 Å². The van der Waals surface area contributed by atoms with Crippen molar-refractivity contribution in [3.8, 4) is 0 Å². The van der Waals surface area contributed by atoms with E-state index in [1.165, 1.54) is 17.2 Å². The van der Waals surface area contributed by atoms with Gasteiger partial charge in [0.2, 0.25) is 0 Å². The van der Waals surface area contributed by atoms with Gasteiger partial charge in [0.25, 0.3) is 0 Å². The van der Waals surface area contributed by atoms with Gasteiger partial charge < -0.3 is 5.32 Å². The highest BCUT2D eigenvalue weighted by atomic mass is 19.1. The predicted octanol–water partition coefficient (Wildman–Crippen LogP) is 3.02. The van der Waals surface area contributed by atoms with Crippen molar-refractivity contribution in [1.29, 1.82) is 0 Å². The van der Waals surface area contributed by atoms with Crippen LogP contribution in [0, 0.1) is 5.82 Å². The molecule has 0 amide bonds. The highest BCUT2D eigenvalue weighted by Gasteiger charge is 2.23. The van der Waals surface area contributed by atoms with Crippen LogP contribution in [0.1, 0.15) is 22.7 Å². The van der Waals surface area contributed by atoms with E-state index in [4.69, 9.17) is 0 Å². The molecule has 1 heterocycles. The zero-order valence-corrected chi connectivity index (χ0v) is 8.78. The van der Waals surface area contributed by atoms with E-state index in [0.717, 1.165) is 12.1 Å². The molecule has 0 fully saturated rings. The Morgan fingerprint density at radius 2 is 1.88 bits per heavy atom. The molecule has 0 saturated heterocycles. The first kappa shape index (κ1) is 9.55. The van der Waals surface area contributed by atoms with Crippen molar-refractivity contribution in [2.75, 3.05) is 0 Å². The van der Waals surface area contributed by atoms with Crippen LogP contribution in [-0.4, -0.2) is 0 Å². The molecule has 0 spiro atoms. The SMILES string of the molecule is Fc1ccc2c(c1)C(c1ccccc1)NC2. The standard InChI is InChI=1S/C14H12FN/c15-12-7-6-11-9-16-14(13(11)8-12)10-4-2-1-3-5-10/h1-8,14,16H,9H2. The van der Waals surface area contributed by atoms with Crippen LogP contribution in [0.15, 0.2) is 48.5 Å². The van der Waals surface area contributed by atoms with Crippen LogP contribution < -0.4 is 5.32 Å². The quantitative estimate of drug-likeness (QED) is 0.767. The van der Waals surface area contributed by atoms with Gasteiger partial charge in [0.1, 0.15) is 5.82 Å². The molecular weight excluding hydrogens is 201 g/mol. The smallest absolute Gasteiger partial charge is 0.123 e. The first-order valence-electron chi connectivity index (χ1n) is 5.41. The van der Waals surface area contributed by atoms with Crippen LogP contribution in [0.25, 0.3) is 0 Å². The Morgan fingerprint density at radius 1 is 1.06 bits per heavy atom. The van der Waals surface area contributed by atoms with E-state index in [1.54, 1.807) is 6.07 Å². The fourth-order valence-electron chi connectivity index (χ4n) is 2.26. The van der Waals surface area contributed by atoms with Crippen molar-refractivity contribution in [2.24, 2.45) is 0 Å². The maximum absolute atomic E-state index is 13.2. The predicted molar refractivity (Wildman–Crippen MR) is 61.5 cm³/mol. The molecule has 2 heteroatoms. The third-order valence-electron chi connectivity index (χ3n) is 3.05. The molecule has 80 valence electrons.